The van der Waals surface area contributed by atoms with E-state index in [9.17, 15) is 4.79 Å². The topological polar surface area (TPSA) is 77.9 Å². The van der Waals surface area contributed by atoms with Gasteiger partial charge in [0, 0.05) is 37.7 Å². The SMILES string of the molecule is Cn1ccnc1SCc1ccc(C(=O)Nc2ccc(-c3nc4ccccc4n3C)cc2)o1. The van der Waals surface area contributed by atoms with Gasteiger partial charge in [0.05, 0.1) is 16.8 Å². The lowest BCUT2D eigenvalue weighted by Crippen LogP contribution is -2.10. The van der Waals surface area contributed by atoms with Crippen LogP contribution in [0.5, 0.6) is 0 Å². The summed E-state index contributed by atoms with van der Waals surface area (Å²) in [6.07, 6.45) is 3.65. The monoisotopic (exact) mass is 443 g/mol. The fourth-order valence-electron chi connectivity index (χ4n) is 3.50. The number of amides is 1. The second-order valence-corrected chi connectivity index (χ2v) is 8.33. The number of hydrogen-bond donors (Lipinski definition) is 1. The van der Waals surface area contributed by atoms with Crippen molar-refractivity contribution >= 4 is 34.4 Å². The average Bonchev–Trinajstić information content (AvgIpc) is 3.52. The Kier molecular flexibility index (Phi) is 5.28. The number of carbonyl (C=O) groups is 1. The van der Waals surface area contributed by atoms with Gasteiger partial charge in [0.25, 0.3) is 5.91 Å². The minimum absolute atomic E-state index is 0.278. The smallest absolute Gasteiger partial charge is 0.291 e. The number of furan rings is 1. The van der Waals surface area contributed by atoms with Crippen molar-refractivity contribution in [3.63, 3.8) is 0 Å². The third kappa shape index (κ3) is 3.92. The molecular formula is C24H21N5O2S. The molecule has 7 nitrogen and oxygen atoms in total. The summed E-state index contributed by atoms with van der Waals surface area (Å²) in [6.45, 7) is 0. The molecule has 0 unspecified atom stereocenters. The molecule has 1 amide bonds. The zero-order valence-corrected chi connectivity index (χ0v) is 18.5. The summed E-state index contributed by atoms with van der Waals surface area (Å²) in [5.41, 5.74) is 3.71. The van der Waals surface area contributed by atoms with Crippen molar-refractivity contribution in [2.24, 2.45) is 14.1 Å². The molecule has 5 rings (SSSR count). The van der Waals surface area contributed by atoms with Gasteiger partial charge in [-0.15, -0.1) is 0 Å². The van der Waals surface area contributed by atoms with Crippen LogP contribution in [0.15, 0.2) is 82.6 Å². The van der Waals surface area contributed by atoms with E-state index in [4.69, 9.17) is 9.40 Å². The highest BCUT2D eigenvalue weighted by Crippen LogP contribution is 2.25. The molecule has 0 radical (unpaired) electrons. The van der Waals surface area contributed by atoms with Crippen molar-refractivity contribution in [1.82, 2.24) is 19.1 Å². The molecule has 0 atom stereocenters. The van der Waals surface area contributed by atoms with Crippen molar-refractivity contribution in [2.75, 3.05) is 5.32 Å². The molecule has 3 aromatic heterocycles. The van der Waals surface area contributed by atoms with E-state index < -0.39 is 0 Å². The standard InChI is InChI=1S/C24H21N5O2S/c1-28-14-13-25-24(28)32-15-18-11-12-21(31-18)23(30)26-17-9-7-16(8-10-17)22-27-19-5-3-4-6-20(19)29(22)2/h3-14H,15H2,1-2H3,(H,26,30). The summed E-state index contributed by atoms with van der Waals surface area (Å²) >= 11 is 1.56. The minimum Gasteiger partial charge on any atom is -0.455 e. The van der Waals surface area contributed by atoms with Crippen LogP contribution < -0.4 is 5.32 Å². The van der Waals surface area contributed by atoms with Gasteiger partial charge in [0.15, 0.2) is 10.9 Å². The minimum atomic E-state index is -0.284. The van der Waals surface area contributed by atoms with Crippen molar-refractivity contribution in [1.29, 1.82) is 0 Å². The van der Waals surface area contributed by atoms with Crippen LogP contribution in [0.3, 0.4) is 0 Å². The molecule has 8 heteroatoms. The lowest BCUT2D eigenvalue weighted by molar-refractivity contribution is 0.0995. The first kappa shape index (κ1) is 20.1. The second kappa shape index (κ2) is 8.39. The quantitative estimate of drug-likeness (QED) is 0.369. The third-order valence-electron chi connectivity index (χ3n) is 5.19. The number of para-hydroxylation sites is 2. The highest BCUT2D eigenvalue weighted by molar-refractivity contribution is 7.98. The lowest BCUT2D eigenvalue weighted by atomic mass is 10.2. The number of nitrogens with zero attached hydrogens (tertiary/aromatic N) is 4. The van der Waals surface area contributed by atoms with Crippen LogP contribution >= 0.6 is 11.8 Å². The first-order valence-corrected chi connectivity index (χ1v) is 11.1. The van der Waals surface area contributed by atoms with E-state index >= 15 is 0 Å². The molecule has 0 aliphatic rings. The van der Waals surface area contributed by atoms with Gasteiger partial charge in [0.1, 0.15) is 11.6 Å². The van der Waals surface area contributed by atoms with Crippen molar-refractivity contribution < 1.29 is 9.21 Å². The molecular weight excluding hydrogens is 422 g/mol. The van der Waals surface area contributed by atoms with E-state index in [0.717, 1.165) is 33.3 Å². The molecule has 5 aromatic rings. The number of hydrogen-bond acceptors (Lipinski definition) is 5. The molecule has 32 heavy (non-hydrogen) atoms. The highest BCUT2D eigenvalue weighted by Gasteiger charge is 2.14. The van der Waals surface area contributed by atoms with Gasteiger partial charge in [0.2, 0.25) is 0 Å². The molecule has 0 fully saturated rings. The highest BCUT2D eigenvalue weighted by atomic mass is 32.2. The maximum absolute atomic E-state index is 12.6. The number of nitrogens with one attached hydrogen (secondary N) is 1. The Morgan fingerprint density at radius 3 is 2.62 bits per heavy atom. The summed E-state index contributed by atoms with van der Waals surface area (Å²) in [7, 11) is 3.94. The van der Waals surface area contributed by atoms with E-state index in [1.165, 1.54) is 0 Å². The molecule has 0 saturated heterocycles. The Morgan fingerprint density at radius 1 is 1.06 bits per heavy atom. The Balaban J connectivity index is 1.25. The van der Waals surface area contributed by atoms with E-state index in [1.807, 2.05) is 79.5 Å². The summed E-state index contributed by atoms with van der Waals surface area (Å²) in [5, 5.41) is 3.78. The molecule has 0 aliphatic heterocycles. The summed E-state index contributed by atoms with van der Waals surface area (Å²) < 4.78 is 9.72. The Morgan fingerprint density at radius 2 is 1.88 bits per heavy atom. The third-order valence-corrected chi connectivity index (χ3v) is 6.27. The summed E-state index contributed by atoms with van der Waals surface area (Å²) in [5.74, 6) is 2.20. The number of aryl methyl sites for hydroxylation is 2. The number of aromatic nitrogens is 4. The summed E-state index contributed by atoms with van der Waals surface area (Å²) in [6, 6.07) is 19.2. The zero-order chi connectivity index (χ0) is 22.1. The molecule has 0 spiro atoms. The van der Waals surface area contributed by atoms with Crippen LogP contribution in [-0.2, 0) is 19.8 Å². The van der Waals surface area contributed by atoms with Crippen molar-refractivity contribution in [3.8, 4) is 11.4 Å². The fraction of sp³-hybridized carbons (Fsp3) is 0.125. The van der Waals surface area contributed by atoms with Gasteiger partial charge in [-0.3, -0.25) is 4.79 Å². The van der Waals surface area contributed by atoms with Crippen LogP contribution in [0.25, 0.3) is 22.4 Å². The zero-order valence-electron chi connectivity index (χ0n) is 17.6. The number of anilines is 1. The van der Waals surface area contributed by atoms with E-state index in [1.54, 1.807) is 24.0 Å². The molecule has 0 saturated carbocycles. The lowest BCUT2D eigenvalue weighted by Gasteiger charge is -2.06. The maximum atomic E-state index is 12.6. The Labute approximate surface area is 189 Å². The van der Waals surface area contributed by atoms with Gasteiger partial charge >= 0.3 is 0 Å². The number of benzene rings is 2. The van der Waals surface area contributed by atoms with Gasteiger partial charge in [-0.05, 0) is 48.5 Å². The maximum Gasteiger partial charge on any atom is 0.291 e. The van der Waals surface area contributed by atoms with Crippen LogP contribution in [0.1, 0.15) is 16.3 Å². The molecule has 0 bridgehead atoms. The van der Waals surface area contributed by atoms with E-state index in [2.05, 4.69) is 14.9 Å². The van der Waals surface area contributed by atoms with E-state index in [-0.39, 0.29) is 11.7 Å². The van der Waals surface area contributed by atoms with Crippen molar-refractivity contribution in [2.45, 2.75) is 10.9 Å². The first-order valence-electron chi connectivity index (χ1n) is 10.1. The average molecular weight is 444 g/mol. The number of carbonyl (C=O) groups excluding carboxylic acids is 1. The van der Waals surface area contributed by atoms with Crippen LogP contribution in [-0.4, -0.2) is 25.0 Å². The molecule has 0 aliphatic carbocycles. The fourth-order valence-corrected chi connectivity index (χ4v) is 4.33. The molecule has 3 heterocycles. The van der Waals surface area contributed by atoms with Crippen LogP contribution in [0.4, 0.5) is 5.69 Å². The van der Waals surface area contributed by atoms with Gasteiger partial charge in [-0.25, -0.2) is 9.97 Å². The predicted molar refractivity (Wildman–Crippen MR) is 126 cm³/mol. The van der Waals surface area contributed by atoms with Crippen LogP contribution in [0, 0.1) is 0 Å². The number of fused-ring (bicyclic) bond motifs is 1. The largest absolute Gasteiger partial charge is 0.455 e. The Bertz CT molecular complexity index is 1400. The van der Waals surface area contributed by atoms with E-state index in [0.29, 0.717) is 11.4 Å². The first-order chi connectivity index (χ1) is 15.6. The van der Waals surface area contributed by atoms with Gasteiger partial charge < -0.3 is 18.9 Å². The van der Waals surface area contributed by atoms with Gasteiger partial charge in [-0.1, -0.05) is 23.9 Å². The normalized spacial score (nSPS) is 11.2. The summed E-state index contributed by atoms with van der Waals surface area (Å²) in [4.78, 5) is 21.6. The Hall–Kier alpha value is -3.78. The van der Waals surface area contributed by atoms with Crippen LogP contribution in [0.2, 0.25) is 0 Å². The predicted octanol–water partition coefficient (Wildman–Crippen LogP) is 5.11. The molecule has 2 aromatic carbocycles. The number of imidazole rings is 2. The number of rotatable bonds is 6. The van der Waals surface area contributed by atoms with Gasteiger partial charge in [-0.2, -0.15) is 0 Å². The molecule has 160 valence electrons. The second-order valence-electron chi connectivity index (χ2n) is 7.39. The van der Waals surface area contributed by atoms with Crippen molar-refractivity contribution in [3.05, 3.63) is 84.6 Å². The number of thioether (sulfide) groups is 1. The molecule has 1 N–H and O–H groups in total.